The molecule has 0 heterocycles. The van der Waals surface area contributed by atoms with Crippen molar-refractivity contribution in [3.8, 4) is 5.75 Å². The molecule has 0 radical (unpaired) electrons. The maximum atomic E-state index is 11.8. The molecule has 1 aromatic carbocycles. The maximum Gasteiger partial charge on any atom is 0.338 e. The van der Waals surface area contributed by atoms with Gasteiger partial charge < -0.3 is 14.6 Å². The third-order valence-electron chi connectivity index (χ3n) is 3.22. The van der Waals surface area contributed by atoms with Crippen LogP contribution in [0.2, 0.25) is 0 Å². The first-order valence-electron chi connectivity index (χ1n) is 6.55. The number of aliphatic hydroxyl groups is 1. The van der Waals surface area contributed by atoms with E-state index in [1.807, 2.05) is 31.2 Å². The van der Waals surface area contributed by atoms with E-state index in [1.54, 1.807) is 13.8 Å². The van der Waals surface area contributed by atoms with Crippen molar-refractivity contribution in [2.24, 2.45) is 0 Å². The van der Waals surface area contributed by atoms with Gasteiger partial charge in [-0.3, -0.25) is 0 Å². The Hall–Kier alpha value is -1.55. The average Bonchev–Trinajstić information content (AvgIpc) is 2.39. The summed E-state index contributed by atoms with van der Waals surface area (Å²) in [6.45, 7) is 7.77. The zero-order valence-electron chi connectivity index (χ0n) is 12.0. The standard InChI is InChI=1S/C15H22O4/c1-5-18-13-9-7-12(8-10-13)11(3)15(4,17)14(16)19-6-2/h7-11,17H,5-6H2,1-4H3. The van der Waals surface area contributed by atoms with Crippen LogP contribution in [0.1, 0.15) is 39.2 Å². The van der Waals surface area contributed by atoms with Crippen LogP contribution in [0.15, 0.2) is 24.3 Å². The molecule has 0 spiro atoms. The highest BCUT2D eigenvalue weighted by Crippen LogP contribution is 2.30. The lowest BCUT2D eigenvalue weighted by Crippen LogP contribution is -2.41. The Kier molecular flexibility index (Phi) is 5.36. The number of rotatable bonds is 6. The average molecular weight is 266 g/mol. The van der Waals surface area contributed by atoms with E-state index in [9.17, 15) is 9.90 Å². The Balaban J connectivity index is 2.86. The molecule has 0 aromatic heterocycles. The quantitative estimate of drug-likeness (QED) is 0.804. The van der Waals surface area contributed by atoms with Crippen molar-refractivity contribution in [3.05, 3.63) is 29.8 Å². The second-order valence-electron chi connectivity index (χ2n) is 4.59. The van der Waals surface area contributed by atoms with Crippen molar-refractivity contribution in [3.63, 3.8) is 0 Å². The number of benzene rings is 1. The third-order valence-corrected chi connectivity index (χ3v) is 3.22. The van der Waals surface area contributed by atoms with Gasteiger partial charge in [0.15, 0.2) is 5.60 Å². The van der Waals surface area contributed by atoms with Gasteiger partial charge in [0.25, 0.3) is 0 Å². The van der Waals surface area contributed by atoms with Gasteiger partial charge in [0.2, 0.25) is 0 Å². The summed E-state index contributed by atoms with van der Waals surface area (Å²) in [7, 11) is 0. The smallest absolute Gasteiger partial charge is 0.338 e. The van der Waals surface area contributed by atoms with Crippen molar-refractivity contribution in [2.75, 3.05) is 13.2 Å². The largest absolute Gasteiger partial charge is 0.494 e. The second kappa shape index (κ2) is 6.57. The zero-order chi connectivity index (χ0) is 14.5. The SMILES string of the molecule is CCOC(=O)C(C)(O)C(C)c1ccc(OCC)cc1. The Morgan fingerprint density at radius 1 is 1.26 bits per heavy atom. The van der Waals surface area contributed by atoms with Crippen LogP contribution in [-0.2, 0) is 9.53 Å². The van der Waals surface area contributed by atoms with Crippen LogP contribution in [0.5, 0.6) is 5.75 Å². The molecular weight excluding hydrogens is 244 g/mol. The maximum absolute atomic E-state index is 11.8. The lowest BCUT2D eigenvalue weighted by Gasteiger charge is -2.28. The summed E-state index contributed by atoms with van der Waals surface area (Å²) in [5.74, 6) is -0.187. The zero-order valence-corrected chi connectivity index (χ0v) is 12.0. The molecule has 0 amide bonds. The Morgan fingerprint density at radius 3 is 2.32 bits per heavy atom. The van der Waals surface area contributed by atoms with E-state index in [0.29, 0.717) is 6.61 Å². The monoisotopic (exact) mass is 266 g/mol. The number of carbonyl (C=O) groups excluding carboxylic acids is 1. The summed E-state index contributed by atoms with van der Waals surface area (Å²) < 4.78 is 10.3. The molecule has 0 aliphatic heterocycles. The summed E-state index contributed by atoms with van der Waals surface area (Å²) in [6, 6.07) is 7.36. The number of esters is 1. The van der Waals surface area contributed by atoms with Gasteiger partial charge >= 0.3 is 5.97 Å². The lowest BCUT2D eigenvalue weighted by molar-refractivity contribution is -0.165. The summed E-state index contributed by atoms with van der Waals surface area (Å²) in [5.41, 5.74) is -0.676. The molecule has 0 saturated carbocycles. The van der Waals surface area contributed by atoms with Gasteiger partial charge in [-0.2, -0.15) is 0 Å². The van der Waals surface area contributed by atoms with Gasteiger partial charge in [0.1, 0.15) is 5.75 Å². The number of hydrogen-bond acceptors (Lipinski definition) is 4. The Bertz CT molecular complexity index is 409. The Labute approximate surface area is 114 Å². The minimum atomic E-state index is -1.54. The van der Waals surface area contributed by atoms with Crippen LogP contribution in [0.4, 0.5) is 0 Å². The molecule has 4 heteroatoms. The fourth-order valence-electron chi connectivity index (χ4n) is 1.80. The van der Waals surface area contributed by atoms with Crippen LogP contribution in [-0.4, -0.2) is 29.9 Å². The van der Waals surface area contributed by atoms with Crippen molar-refractivity contribution in [2.45, 2.75) is 39.2 Å². The predicted molar refractivity (Wildman–Crippen MR) is 73.3 cm³/mol. The first-order chi connectivity index (χ1) is 8.93. The number of ether oxygens (including phenoxy) is 2. The van der Waals surface area contributed by atoms with Gasteiger partial charge in [-0.25, -0.2) is 4.79 Å². The van der Waals surface area contributed by atoms with Crippen LogP contribution >= 0.6 is 0 Å². The summed E-state index contributed by atoms with van der Waals surface area (Å²) >= 11 is 0. The topological polar surface area (TPSA) is 55.8 Å². The lowest BCUT2D eigenvalue weighted by atomic mass is 9.85. The molecule has 2 unspecified atom stereocenters. The molecule has 1 aromatic rings. The van der Waals surface area contributed by atoms with Gasteiger partial charge in [0, 0.05) is 5.92 Å². The number of hydrogen-bond donors (Lipinski definition) is 1. The minimum absolute atomic E-state index is 0.255. The van der Waals surface area contributed by atoms with E-state index in [0.717, 1.165) is 11.3 Å². The first-order valence-corrected chi connectivity index (χ1v) is 6.55. The normalized spacial score (nSPS) is 15.4. The molecule has 0 fully saturated rings. The van der Waals surface area contributed by atoms with Gasteiger partial charge in [-0.05, 0) is 38.5 Å². The van der Waals surface area contributed by atoms with Crippen molar-refractivity contribution in [1.29, 1.82) is 0 Å². The van der Waals surface area contributed by atoms with E-state index in [1.165, 1.54) is 6.92 Å². The van der Waals surface area contributed by atoms with Crippen LogP contribution < -0.4 is 4.74 Å². The molecular formula is C15H22O4. The molecule has 4 nitrogen and oxygen atoms in total. The molecule has 2 atom stereocenters. The van der Waals surface area contributed by atoms with Crippen molar-refractivity contribution >= 4 is 5.97 Å². The fraction of sp³-hybridized carbons (Fsp3) is 0.533. The molecule has 19 heavy (non-hydrogen) atoms. The summed E-state index contributed by atoms with van der Waals surface area (Å²) in [6.07, 6.45) is 0. The molecule has 106 valence electrons. The molecule has 0 saturated heterocycles. The molecule has 0 aliphatic carbocycles. The van der Waals surface area contributed by atoms with Gasteiger partial charge in [-0.1, -0.05) is 19.1 Å². The molecule has 1 N–H and O–H groups in total. The van der Waals surface area contributed by atoms with Crippen LogP contribution in [0.25, 0.3) is 0 Å². The second-order valence-corrected chi connectivity index (χ2v) is 4.59. The summed E-state index contributed by atoms with van der Waals surface area (Å²) in [5, 5.41) is 10.3. The van der Waals surface area contributed by atoms with Crippen molar-refractivity contribution in [1.82, 2.24) is 0 Å². The highest BCUT2D eigenvalue weighted by atomic mass is 16.5. The highest BCUT2D eigenvalue weighted by Gasteiger charge is 2.38. The molecule has 0 aliphatic rings. The first kappa shape index (κ1) is 15.5. The van der Waals surface area contributed by atoms with Gasteiger partial charge in [0.05, 0.1) is 13.2 Å². The van der Waals surface area contributed by atoms with E-state index < -0.39 is 11.6 Å². The van der Waals surface area contributed by atoms with Gasteiger partial charge in [-0.15, -0.1) is 0 Å². The Morgan fingerprint density at radius 2 is 1.84 bits per heavy atom. The van der Waals surface area contributed by atoms with Crippen LogP contribution in [0, 0.1) is 0 Å². The van der Waals surface area contributed by atoms with Crippen LogP contribution in [0.3, 0.4) is 0 Å². The molecule has 1 rings (SSSR count). The van der Waals surface area contributed by atoms with E-state index >= 15 is 0 Å². The predicted octanol–water partition coefficient (Wildman–Crippen LogP) is 2.50. The number of carbonyl (C=O) groups is 1. The third kappa shape index (κ3) is 3.70. The van der Waals surface area contributed by atoms with E-state index in [-0.39, 0.29) is 12.5 Å². The molecule has 0 bridgehead atoms. The van der Waals surface area contributed by atoms with Crippen molar-refractivity contribution < 1.29 is 19.4 Å². The van der Waals surface area contributed by atoms with E-state index in [4.69, 9.17) is 9.47 Å². The van der Waals surface area contributed by atoms with E-state index in [2.05, 4.69) is 0 Å². The minimum Gasteiger partial charge on any atom is -0.494 e. The summed E-state index contributed by atoms with van der Waals surface area (Å²) in [4.78, 5) is 11.8. The fourth-order valence-corrected chi connectivity index (χ4v) is 1.80. The highest BCUT2D eigenvalue weighted by molar-refractivity contribution is 5.80.